The fraction of sp³-hybridized carbons (Fsp3) is 0.519. The number of nitrogens with two attached hydrogens (primary N) is 1. The fourth-order valence-electron chi connectivity index (χ4n) is 5.28. The zero-order valence-electron chi connectivity index (χ0n) is 20.9. The first-order valence-corrected chi connectivity index (χ1v) is 14.6. The number of hydrogen-bond donors (Lipinski definition) is 4. The average Bonchev–Trinajstić information content (AvgIpc) is 2.78. The first-order valence-electron chi connectivity index (χ1n) is 12.5. The van der Waals surface area contributed by atoms with Crippen molar-refractivity contribution < 1.29 is 0 Å². The Labute approximate surface area is 207 Å². The van der Waals surface area contributed by atoms with Gasteiger partial charge in [-0.25, -0.2) is 0 Å². The molecule has 6 nitrogen and oxygen atoms in total. The Bertz CT molecular complexity index is 955. The Morgan fingerprint density at radius 2 is 1.88 bits per heavy atom. The molecule has 3 atom stereocenters. The summed E-state index contributed by atoms with van der Waals surface area (Å²) in [7, 11) is -1.48. The maximum atomic E-state index is 7.98. The number of nitrogens with zero attached hydrogens (tertiary/aromatic N) is 2. The van der Waals surface area contributed by atoms with Crippen LogP contribution in [0.1, 0.15) is 51.0 Å². The van der Waals surface area contributed by atoms with Gasteiger partial charge < -0.3 is 20.9 Å². The molecule has 2 aliphatic rings. The van der Waals surface area contributed by atoms with Crippen molar-refractivity contribution in [1.82, 2.24) is 19.8 Å². The van der Waals surface area contributed by atoms with Crippen LogP contribution >= 0.6 is 9.39 Å². The lowest BCUT2D eigenvalue weighted by molar-refractivity contribution is 0.176. The predicted octanol–water partition coefficient (Wildman–Crippen LogP) is 3.97. The normalized spacial score (nSPS) is 23.6. The molecule has 2 aliphatic heterocycles. The van der Waals surface area contributed by atoms with Crippen LogP contribution in [0.2, 0.25) is 0 Å². The van der Waals surface area contributed by atoms with E-state index in [1.54, 1.807) is 0 Å². The highest BCUT2D eigenvalue weighted by atomic mass is 32.2. The van der Waals surface area contributed by atoms with Gasteiger partial charge >= 0.3 is 0 Å². The van der Waals surface area contributed by atoms with Crippen LogP contribution in [0.3, 0.4) is 0 Å². The van der Waals surface area contributed by atoms with E-state index in [2.05, 4.69) is 75.9 Å². The topological polar surface area (TPSA) is 80.4 Å². The van der Waals surface area contributed by atoms with Gasteiger partial charge in [-0.1, -0.05) is 68.6 Å². The number of hydrogen-bond acceptors (Lipinski definition) is 4. The lowest BCUT2D eigenvalue weighted by Crippen LogP contribution is -2.57. The van der Waals surface area contributed by atoms with Gasteiger partial charge in [-0.2, -0.15) is 9.39 Å². The van der Waals surface area contributed by atoms with E-state index in [4.69, 9.17) is 11.1 Å². The van der Waals surface area contributed by atoms with E-state index in [1.807, 2.05) is 6.07 Å². The molecular weight excluding hydrogens is 440 g/mol. The minimum atomic E-state index is -1.48. The number of guanidine groups is 1. The maximum Gasteiger partial charge on any atom is 0.188 e. The highest BCUT2D eigenvalue weighted by Gasteiger charge is 2.32. The van der Waals surface area contributed by atoms with Crippen LogP contribution in [-0.4, -0.2) is 65.3 Å². The Hall–Kier alpha value is -2.38. The summed E-state index contributed by atoms with van der Waals surface area (Å²) in [5.41, 5.74) is 9.26. The summed E-state index contributed by atoms with van der Waals surface area (Å²) in [6, 6.07) is 11.1. The van der Waals surface area contributed by atoms with Gasteiger partial charge in [0.15, 0.2) is 5.96 Å². The highest BCUT2D eigenvalue weighted by Crippen LogP contribution is 2.29. The zero-order chi connectivity index (χ0) is 24.7. The van der Waals surface area contributed by atoms with Gasteiger partial charge in [-0.15, -0.1) is 0 Å². The molecule has 0 saturated carbocycles. The molecule has 7 heteroatoms. The third kappa shape index (κ3) is 7.06. The van der Waals surface area contributed by atoms with Crippen molar-refractivity contribution in [3.05, 3.63) is 60.4 Å². The van der Waals surface area contributed by atoms with Crippen molar-refractivity contribution in [2.24, 2.45) is 5.73 Å². The van der Waals surface area contributed by atoms with Crippen molar-refractivity contribution >= 4 is 27.1 Å². The molecule has 2 heterocycles. The SMILES string of the molecule is C=C(CN1CCCC(NS(=C)(=C)Cc2ccccc2)C1=C)NC1CCCN(C(=N)N)C1CCC. The predicted molar refractivity (Wildman–Crippen MR) is 151 cm³/mol. The largest absolute Gasteiger partial charge is 0.383 e. The first kappa shape index (κ1) is 26.2. The summed E-state index contributed by atoms with van der Waals surface area (Å²) in [5.74, 6) is 9.91. The Kier molecular flexibility index (Phi) is 9.14. The fourth-order valence-corrected chi connectivity index (χ4v) is 7.05. The van der Waals surface area contributed by atoms with Crippen molar-refractivity contribution in [3.8, 4) is 0 Å². The van der Waals surface area contributed by atoms with E-state index in [1.165, 1.54) is 5.56 Å². The zero-order valence-corrected chi connectivity index (χ0v) is 21.7. The molecule has 0 aliphatic carbocycles. The van der Waals surface area contributed by atoms with Crippen LogP contribution in [0.4, 0.5) is 0 Å². The second-order valence-corrected chi connectivity index (χ2v) is 12.4. The minimum Gasteiger partial charge on any atom is -0.383 e. The molecule has 0 amide bonds. The smallest absolute Gasteiger partial charge is 0.188 e. The van der Waals surface area contributed by atoms with Gasteiger partial charge in [-0.3, -0.25) is 10.1 Å². The van der Waals surface area contributed by atoms with E-state index in [0.29, 0.717) is 0 Å². The minimum absolute atomic E-state index is 0.178. The molecule has 188 valence electrons. The van der Waals surface area contributed by atoms with Crippen LogP contribution in [0.25, 0.3) is 0 Å². The van der Waals surface area contributed by atoms with E-state index < -0.39 is 9.39 Å². The molecular formula is C27H44N6S. The average molecular weight is 485 g/mol. The van der Waals surface area contributed by atoms with Crippen molar-refractivity contribution in [2.45, 2.75) is 69.3 Å². The van der Waals surface area contributed by atoms with E-state index >= 15 is 0 Å². The molecule has 1 aromatic carbocycles. The Balaban J connectivity index is 1.58. The molecule has 0 aromatic heterocycles. The van der Waals surface area contributed by atoms with Crippen LogP contribution in [0, 0.1) is 5.41 Å². The van der Waals surface area contributed by atoms with Gasteiger partial charge in [0.2, 0.25) is 0 Å². The van der Waals surface area contributed by atoms with Crippen molar-refractivity contribution in [3.63, 3.8) is 0 Å². The van der Waals surface area contributed by atoms with Gasteiger partial charge in [0, 0.05) is 36.3 Å². The Morgan fingerprint density at radius 3 is 2.56 bits per heavy atom. The summed E-state index contributed by atoms with van der Waals surface area (Å²) < 4.78 is 3.75. The van der Waals surface area contributed by atoms with Crippen LogP contribution in [0.15, 0.2) is 54.9 Å². The molecule has 34 heavy (non-hydrogen) atoms. The third-order valence-corrected chi connectivity index (χ3v) is 8.52. The van der Waals surface area contributed by atoms with E-state index in [0.717, 1.165) is 75.3 Å². The summed E-state index contributed by atoms with van der Waals surface area (Å²) in [6.45, 7) is 13.6. The number of nitrogens with one attached hydrogen (secondary N) is 3. The van der Waals surface area contributed by atoms with Crippen LogP contribution < -0.4 is 15.8 Å². The van der Waals surface area contributed by atoms with Crippen molar-refractivity contribution in [2.75, 3.05) is 19.6 Å². The standard InChI is InChI=1S/C27H44N6S/c1-6-12-26-25(16-11-18-33(26)27(28)29)30-21(2)19-32-17-10-15-24(22(32)3)31-34(4,5)20-23-13-8-7-9-14-23/h7-9,13-14,24-26,30-31H,2-6,10-12,15-20H2,1H3,(H3,28,29). The molecule has 3 unspecified atom stereocenters. The van der Waals surface area contributed by atoms with E-state index in [9.17, 15) is 0 Å². The summed E-state index contributed by atoms with van der Waals surface area (Å²) in [5, 5.41) is 11.7. The monoisotopic (exact) mass is 484 g/mol. The lowest BCUT2D eigenvalue weighted by Gasteiger charge is -2.43. The summed E-state index contributed by atoms with van der Waals surface area (Å²) in [4.78, 5) is 4.39. The molecule has 1 aromatic rings. The van der Waals surface area contributed by atoms with Gasteiger partial charge in [-0.05, 0) is 37.7 Å². The molecule has 5 N–H and O–H groups in total. The number of piperidine rings is 2. The molecule has 2 saturated heterocycles. The van der Waals surface area contributed by atoms with Crippen LogP contribution in [0.5, 0.6) is 0 Å². The quantitative estimate of drug-likeness (QED) is 0.230. The van der Waals surface area contributed by atoms with Gasteiger partial charge in [0.1, 0.15) is 0 Å². The van der Waals surface area contributed by atoms with Crippen LogP contribution in [-0.2, 0) is 5.75 Å². The summed E-state index contributed by atoms with van der Waals surface area (Å²) >= 11 is 0. The maximum absolute atomic E-state index is 7.98. The molecule has 2 fully saturated rings. The number of rotatable bonds is 10. The molecule has 0 bridgehead atoms. The second-order valence-electron chi connectivity index (χ2n) is 9.83. The van der Waals surface area contributed by atoms with E-state index in [-0.39, 0.29) is 24.1 Å². The summed E-state index contributed by atoms with van der Waals surface area (Å²) in [6.07, 6.45) is 6.35. The molecule has 0 radical (unpaired) electrons. The van der Waals surface area contributed by atoms with Crippen molar-refractivity contribution in [1.29, 1.82) is 5.41 Å². The van der Waals surface area contributed by atoms with Gasteiger partial charge in [0.05, 0.1) is 18.6 Å². The third-order valence-electron chi connectivity index (χ3n) is 6.85. The molecule has 0 spiro atoms. The van der Waals surface area contributed by atoms with Gasteiger partial charge in [0.25, 0.3) is 0 Å². The molecule has 3 rings (SSSR count). The highest BCUT2D eigenvalue weighted by molar-refractivity contribution is 8.25. The number of likely N-dealkylation sites (tertiary alicyclic amines) is 2. The Morgan fingerprint density at radius 1 is 1.18 bits per heavy atom. The second kappa shape index (κ2) is 11.8. The first-order chi connectivity index (χ1) is 16.2. The lowest BCUT2D eigenvalue weighted by atomic mass is 9.92. The number of benzene rings is 1.